The lowest BCUT2D eigenvalue weighted by Crippen LogP contribution is -2.53. The number of carbonyl (C=O) groups is 2. The lowest BCUT2D eigenvalue weighted by molar-refractivity contribution is -0.147. The molecule has 0 aromatic heterocycles. The minimum absolute atomic E-state index is 0.0706. The summed E-state index contributed by atoms with van der Waals surface area (Å²) in [6, 6.07) is -0.723. The summed E-state index contributed by atoms with van der Waals surface area (Å²) in [5.74, 6) is -0.164. The zero-order chi connectivity index (χ0) is 14.9. The standard InChI is InChI=1S/C15H25NO4/c1-15(2,3)20-14(19)16-8-4-5-11(9-10-6-7-10)12(16)13(17)18/h10-12H,4-9H2,1-3H3,(H,17,18)/t11-,12+/m0/s1. The van der Waals surface area contributed by atoms with E-state index in [0.29, 0.717) is 12.5 Å². The summed E-state index contributed by atoms with van der Waals surface area (Å²) in [5, 5.41) is 9.51. The summed E-state index contributed by atoms with van der Waals surface area (Å²) in [4.78, 5) is 25.2. The number of nitrogens with zero attached hydrogens (tertiary/aromatic N) is 1. The van der Waals surface area contributed by atoms with E-state index < -0.39 is 23.7 Å². The second kappa shape index (κ2) is 5.62. The fraction of sp³-hybridized carbons (Fsp3) is 0.867. The van der Waals surface area contributed by atoms with E-state index in [0.717, 1.165) is 19.3 Å². The van der Waals surface area contributed by atoms with E-state index in [9.17, 15) is 14.7 Å². The highest BCUT2D eigenvalue weighted by molar-refractivity contribution is 5.80. The van der Waals surface area contributed by atoms with Gasteiger partial charge >= 0.3 is 12.1 Å². The largest absolute Gasteiger partial charge is 0.480 e. The molecule has 5 nitrogen and oxygen atoms in total. The molecule has 0 radical (unpaired) electrons. The summed E-state index contributed by atoms with van der Waals surface area (Å²) in [6.07, 6.45) is 4.60. The number of piperidine rings is 1. The Labute approximate surface area is 120 Å². The number of hydrogen-bond acceptors (Lipinski definition) is 3. The van der Waals surface area contributed by atoms with Crippen molar-refractivity contribution < 1.29 is 19.4 Å². The van der Waals surface area contributed by atoms with Gasteiger partial charge in [0.1, 0.15) is 11.6 Å². The van der Waals surface area contributed by atoms with Crippen molar-refractivity contribution in [3.63, 3.8) is 0 Å². The molecule has 0 aromatic carbocycles. The van der Waals surface area contributed by atoms with E-state index in [4.69, 9.17) is 4.74 Å². The van der Waals surface area contributed by atoms with Gasteiger partial charge in [-0.3, -0.25) is 4.90 Å². The van der Waals surface area contributed by atoms with Crippen molar-refractivity contribution in [1.29, 1.82) is 0 Å². The van der Waals surface area contributed by atoms with Gasteiger partial charge in [-0.25, -0.2) is 9.59 Å². The van der Waals surface area contributed by atoms with E-state index in [1.165, 1.54) is 17.7 Å². The summed E-state index contributed by atoms with van der Waals surface area (Å²) in [6.45, 7) is 5.87. The number of likely N-dealkylation sites (tertiary alicyclic amines) is 1. The quantitative estimate of drug-likeness (QED) is 0.864. The van der Waals surface area contributed by atoms with Crippen LogP contribution in [0.3, 0.4) is 0 Å². The molecule has 1 aliphatic heterocycles. The highest BCUT2D eigenvalue weighted by Gasteiger charge is 2.42. The molecule has 5 heteroatoms. The lowest BCUT2D eigenvalue weighted by Gasteiger charge is -2.39. The van der Waals surface area contributed by atoms with Crippen molar-refractivity contribution in [1.82, 2.24) is 4.90 Å². The second-order valence-corrected chi connectivity index (χ2v) is 7.04. The van der Waals surface area contributed by atoms with Crippen molar-refractivity contribution in [2.45, 2.75) is 64.5 Å². The summed E-state index contributed by atoms with van der Waals surface area (Å²) in [5.41, 5.74) is -0.594. The Morgan fingerprint density at radius 1 is 1.25 bits per heavy atom. The van der Waals surface area contributed by atoms with Crippen LogP contribution in [0.4, 0.5) is 4.79 Å². The summed E-state index contributed by atoms with van der Waals surface area (Å²) in [7, 11) is 0. The van der Waals surface area contributed by atoms with Crippen molar-refractivity contribution in [3.8, 4) is 0 Å². The van der Waals surface area contributed by atoms with Crippen LogP contribution in [0.25, 0.3) is 0 Å². The predicted octanol–water partition coefficient (Wildman–Crippen LogP) is 2.89. The number of carbonyl (C=O) groups excluding carboxylic acids is 1. The third kappa shape index (κ3) is 3.87. The molecule has 2 aliphatic rings. The van der Waals surface area contributed by atoms with Crippen LogP contribution in [0.1, 0.15) is 52.9 Å². The molecule has 0 aromatic rings. The first-order valence-corrected chi connectivity index (χ1v) is 7.50. The summed E-state index contributed by atoms with van der Waals surface area (Å²) >= 11 is 0. The molecular weight excluding hydrogens is 258 g/mol. The van der Waals surface area contributed by atoms with Gasteiger partial charge < -0.3 is 9.84 Å². The van der Waals surface area contributed by atoms with Gasteiger partial charge in [0.15, 0.2) is 0 Å². The number of rotatable bonds is 3. The van der Waals surface area contributed by atoms with E-state index >= 15 is 0 Å². The zero-order valence-corrected chi connectivity index (χ0v) is 12.6. The smallest absolute Gasteiger partial charge is 0.411 e. The number of amides is 1. The minimum Gasteiger partial charge on any atom is -0.480 e. The minimum atomic E-state index is -0.902. The van der Waals surface area contributed by atoms with Gasteiger partial charge in [-0.05, 0) is 51.9 Å². The van der Waals surface area contributed by atoms with Crippen molar-refractivity contribution in [2.24, 2.45) is 11.8 Å². The van der Waals surface area contributed by atoms with E-state index in [-0.39, 0.29) is 5.92 Å². The third-order valence-electron chi connectivity index (χ3n) is 3.97. The Balaban J connectivity index is 2.08. The number of ether oxygens (including phenoxy) is 1. The molecule has 20 heavy (non-hydrogen) atoms. The first-order chi connectivity index (χ1) is 9.28. The maximum atomic E-state index is 12.2. The number of carboxylic acid groups (broad SMARTS) is 1. The molecule has 1 aliphatic carbocycles. The van der Waals surface area contributed by atoms with Crippen LogP contribution < -0.4 is 0 Å². The maximum absolute atomic E-state index is 12.2. The number of aliphatic carboxylic acids is 1. The average Bonchev–Trinajstić information content (AvgIpc) is 3.10. The Bertz CT molecular complexity index is 384. The predicted molar refractivity (Wildman–Crippen MR) is 74.4 cm³/mol. The molecule has 2 fully saturated rings. The fourth-order valence-electron chi connectivity index (χ4n) is 2.96. The Kier molecular flexibility index (Phi) is 4.25. The molecule has 1 saturated carbocycles. The van der Waals surface area contributed by atoms with Gasteiger partial charge in [0, 0.05) is 6.54 Å². The zero-order valence-electron chi connectivity index (χ0n) is 12.6. The van der Waals surface area contributed by atoms with Crippen molar-refractivity contribution >= 4 is 12.1 Å². The molecule has 1 amide bonds. The first kappa shape index (κ1) is 15.1. The molecule has 1 N–H and O–H groups in total. The van der Waals surface area contributed by atoms with Gasteiger partial charge in [0.25, 0.3) is 0 Å². The van der Waals surface area contributed by atoms with Crippen LogP contribution in [-0.4, -0.2) is 40.3 Å². The highest BCUT2D eigenvalue weighted by Crippen LogP contribution is 2.40. The van der Waals surface area contributed by atoms with Gasteiger partial charge in [-0.15, -0.1) is 0 Å². The van der Waals surface area contributed by atoms with Crippen molar-refractivity contribution in [2.75, 3.05) is 6.54 Å². The molecular formula is C15H25NO4. The molecule has 1 heterocycles. The molecule has 0 unspecified atom stereocenters. The first-order valence-electron chi connectivity index (χ1n) is 7.50. The SMILES string of the molecule is CC(C)(C)OC(=O)N1CCC[C@@H](CC2CC2)[C@@H]1C(=O)O. The van der Waals surface area contributed by atoms with Crippen molar-refractivity contribution in [3.05, 3.63) is 0 Å². The normalized spacial score (nSPS) is 27.2. The topological polar surface area (TPSA) is 66.8 Å². The lowest BCUT2D eigenvalue weighted by atomic mass is 9.85. The summed E-state index contributed by atoms with van der Waals surface area (Å²) < 4.78 is 5.35. The maximum Gasteiger partial charge on any atom is 0.411 e. The number of hydrogen-bond donors (Lipinski definition) is 1. The second-order valence-electron chi connectivity index (χ2n) is 7.04. The van der Waals surface area contributed by atoms with Crippen LogP contribution >= 0.6 is 0 Å². The highest BCUT2D eigenvalue weighted by atomic mass is 16.6. The Hall–Kier alpha value is -1.26. The van der Waals surface area contributed by atoms with E-state index in [2.05, 4.69) is 0 Å². The third-order valence-corrected chi connectivity index (χ3v) is 3.97. The molecule has 2 rings (SSSR count). The Morgan fingerprint density at radius 2 is 1.90 bits per heavy atom. The van der Waals surface area contributed by atoms with Gasteiger partial charge in [-0.2, -0.15) is 0 Å². The molecule has 0 bridgehead atoms. The van der Waals surface area contributed by atoms with E-state index in [1.807, 2.05) is 0 Å². The van der Waals surface area contributed by atoms with E-state index in [1.54, 1.807) is 20.8 Å². The Morgan fingerprint density at radius 3 is 2.40 bits per heavy atom. The van der Waals surface area contributed by atoms with Gasteiger partial charge in [0.05, 0.1) is 0 Å². The van der Waals surface area contributed by atoms with Crippen LogP contribution in [0.2, 0.25) is 0 Å². The molecule has 2 atom stereocenters. The molecule has 1 saturated heterocycles. The number of carboxylic acids is 1. The van der Waals surface area contributed by atoms with Crippen LogP contribution in [0, 0.1) is 11.8 Å². The molecule has 0 spiro atoms. The van der Waals surface area contributed by atoms with Gasteiger partial charge in [-0.1, -0.05) is 12.8 Å². The fourth-order valence-corrected chi connectivity index (χ4v) is 2.96. The van der Waals surface area contributed by atoms with Crippen LogP contribution in [0.5, 0.6) is 0 Å². The monoisotopic (exact) mass is 283 g/mol. The van der Waals surface area contributed by atoms with Crippen LogP contribution in [-0.2, 0) is 9.53 Å². The average molecular weight is 283 g/mol. The molecule has 114 valence electrons. The van der Waals surface area contributed by atoms with Crippen LogP contribution in [0.15, 0.2) is 0 Å². The van der Waals surface area contributed by atoms with Gasteiger partial charge in [0.2, 0.25) is 0 Å².